The minimum Gasteiger partial charge on any atom is -0.367 e. The molecule has 0 spiro atoms. The zero-order valence-corrected chi connectivity index (χ0v) is 23.8. The molecule has 0 bridgehead atoms. The summed E-state index contributed by atoms with van der Waals surface area (Å²) in [6.45, 7) is 11.8. The summed E-state index contributed by atoms with van der Waals surface area (Å²) < 4.78 is 5.84. The molecule has 0 unspecified atom stereocenters. The van der Waals surface area contributed by atoms with Crippen molar-refractivity contribution < 1.29 is 4.52 Å². The number of aromatic amines is 1. The van der Waals surface area contributed by atoms with E-state index < -0.39 is 0 Å². The fourth-order valence-corrected chi connectivity index (χ4v) is 6.33. The van der Waals surface area contributed by atoms with Crippen molar-refractivity contribution in [3.8, 4) is 11.4 Å². The van der Waals surface area contributed by atoms with E-state index in [1.165, 1.54) is 0 Å². The van der Waals surface area contributed by atoms with E-state index in [9.17, 15) is 0 Å². The first-order valence-corrected chi connectivity index (χ1v) is 14.0. The van der Waals surface area contributed by atoms with E-state index in [1.54, 1.807) is 6.20 Å². The van der Waals surface area contributed by atoms with Gasteiger partial charge >= 0.3 is 0 Å². The van der Waals surface area contributed by atoms with Crippen LogP contribution in [0.3, 0.4) is 0 Å². The van der Waals surface area contributed by atoms with Crippen LogP contribution in [0.4, 0.5) is 23.4 Å². The van der Waals surface area contributed by atoms with Crippen LogP contribution in [0.1, 0.15) is 70.9 Å². The number of pyridine rings is 1. The molecule has 0 radical (unpaired) electrons. The molecule has 2 aliphatic rings. The smallest absolute Gasteiger partial charge is 0.229 e. The van der Waals surface area contributed by atoms with E-state index in [4.69, 9.17) is 14.5 Å². The molecule has 0 aromatic carbocycles. The Morgan fingerprint density at radius 1 is 0.975 bits per heavy atom. The Labute approximate surface area is 234 Å². The van der Waals surface area contributed by atoms with Crippen LogP contribution in [0, 0.1) is 6.92 Å². The number of anilines is 4. The summed E-state index contributed by atoms with van der Waals surface area (Å²) in [4.78, 5) is 16.6. The summed E-state index contributed by atoms with van der Waals surface area (Å²) in [6, 6.07) is 11.9. The Morgan fingerprint density at radius 2 is 1.77 bits per heavy atom. The number of aromatic nitrogens is 6. The first-order valence-electron chi connectivity index (χ1n) is 14.0. The maximum Gasteiger partial charge on any atom is 0.229 e. The van der Waals surface area contributed by atoms with Crippen LogP contribution >= 0.6 is 0 Å². The van der Waals surface area contributed by atoms with Crippen molar-refractivity contribution in [3.05, 3.63) is 54.0 Å². The van der Waals surface area contributed by atoms with Gasteiger partial charge in [0.2, 0.25) is 5.95 Å². The molecule has 0 amide bonds. The van der Waals surface area contributed by atoms with E-state index in [-0.39, 0.29) is 23.2 Å². The summed E-state index contributed by atoms with van der Waals surface area (Å²) in [7, 11) is 0. The van der Waals surface area contributed by atoms with Crippen LogP contribution in [0.15, 0.2) is 47.1 Å². The number of H-pyrrole nitrogens is 1. The molecule has 2 saturated heterocycles. The summed E-state index contributed by atoms with van der Waals surface area (Å²) in [5.41, 5.74) is 2.52. The zero-order chi connectivity index (χ0) is 27.9. The van der Waals surface area contributed by atoms with Crippen molar-refractivity contribution in [2.24, 2.45) is 0 Å². The highest BCUT2D eigenvalue weighted by atomic mass is 16.5. The third-order valence-electron chi connectivity index (χ3n) is 7.51. The van der Waals surface area contributed by atoms with Gasteiger partial charge in [-0.05, 0) is 72.4 Å². The van der Waals surface area contributed by atoms with Gasteiger partial charge in [0.1, 0.15) is 17.3 Å². The highest BCUT2D eigenvalue weighted by Gasteiger charge is 2.38. The molecule has 4 aromatic rings. The van der Waals surface area contributed by atoms with Crippen LogP contribution in [0.25, 0.3) is 11.4 Å². The lowest BCUT2D eigenvalue weighted by molar-refractivity contribution is 0.170. The minimum atomic E-state index is -0.0163. The molecule has 4 aromatic heterocycles. The summed E-state index contributed by atoms with van der Waals surface area (Å²) in [6.07, 6.45) is 5.66. The monoisotopic (exact) mass is 542 g/mol. The SMILES string of the molecule is Cc1cc(Nc2cc(NC3CC(C)(C)NC(C)(C)C3)nc(N3CCC[C@H]3c3cc(-c4ccccn4)no3)n2)n[nH]1. The van der Waals surface area contributed by atoms with Crippen LogP contribution in [0.5, 0.6) is 0 Å². The van der Waals surface area contributed by atoms with E-state index >= 15 is 0 Å². The molecule has 210 valence electrons. The van der Waals surface area contributed by atoms with E-state index in [0.717, 1.165) is 60.9 Å². The lowest BCUT2D eigenvalue weighted by Crippen LogP contribution is -2.60. The van der Waals surface area contributed by atoms with Crippen molar-refractivity contribution in [3.63, 3.8) is 0 Å². The zero-order valence-electron chi connectivity index (χ0n) is 23.8. The van der Waals surface area contributed by atoms with Gasteiger partial charge in [0, 0.05) is 53.8 Å². The summed E-state index contributed by atoms with van der Waals surface area (Å²) >= 11 is 0. The second-order valence-electron chi connectivity index (χ2n) is 12.3. The van der Waals surface area contributed by atoms with Gasteiger partial charge in [0.15, 0.2) is 11.6 Å². The molecule has 6 rings (SSSR count). The molecular weight excluding hydrogens is 504 g/mol. The van der Waals surface area contributed by atoms with E-state index in [0.29, 0.717) is 17.6 Å². The molecule has 6 heterocycles. The molecule has 4 N–H and O–H groups in total. The molecule has 40 heavy (non-hydrogen) atoms. The van der Waals surface area contributed by atoms with Crippen LogP contribution in [-0.4, -0.2) is 54.0 Å². The number of nitrogens with one attached hydrogen (secondary N) is 4. The topological polar surface area (TPSA) is 133 Å². The first kappa shape index (κ1) is 26.2. The normalized spacial score (nSPS) is 20.5. The Hall–Kier alpha value is -3.99. The Kier molecular flexibility index (Phi) is 6.69. The molecule has 2 fully saturated rings. The minimum absolute atomic E-state index is 0.0145. The number of rotatable bonds is 7. The van der Waals surface area contributed by atoms with Gasteiger partial charge < -0.3 is 25.4 Å². The Bertz CT molecular complexity index is 1440. The standard InChI is InChI=1S/C29H38N10O/c1-18-13-26(36-35-18)32-25-15-24(31-19-16-28(2,3)38-29(4,5)17-19)33-27(34-25)39-12-8-10-22(39)23-14-21(37-40-23)20-9-6-7-11-30-20/h6-7,9,11,13-15,19,22,38H,8,10,12,16-17H2,1-5H3,(H3,31,32,33,34,35,36)/t22-/m0/s1. The molecule has 2 aliphatic heterocycles. The van der Waals surface area contributed by atoms with E-state index in [2.05, 4.69) is 68.9 Å². The largest absolute Gasteiger partial charge is 0.367 e. The number of nitrogens with zero attached hydrogens (tertiary/aromatic N) is 6. The third kappa shape index (κ3) is 5.79. The average molecular weight is 543 g/mol. The Balaban J connectivity index is 1.31. The lowest BCUT2D eigenvalue weighted by atomic mass is 9.79. The van der Waals surface area contributed by atoms with Crippen molar-refractivity contribution in [2.75, 3.05) is 22.1 Å². The number of aryl methyl sites for hydroxylation is 1. The fourth-order valence-electron chi connectivity index (χ4n) is 6.33. The summed E-state index contributed by atoms with van der Waals surface area (Å²) in [5, 5.41) is 22.5. The number of hydrogen-bond donors (Lipinski definition) is 4. The van der Waals surface area contributed by atoms with Crippen molar-refractivity contribution in [1.82, 2.24) is 35.6 Å². The predicted octanol–water partition coefficient (Wildman–Crippen LogP) is 5.36. The first-order chi connectivity index (χ1) is 19.1. The van der Waals surface area contributed by atoms with Gasteiger partial charge in [-0.2, -0.15) is 15.1 Å². The molecule has 11 heteroatoms. The average Bonchev–Trinajstić information content (AvgIpc) is 3.63. The molecule has 1 atom stereocenters. The van der Waals surface area contributed by atoms with Crippen LogP contribution in [0.2, 0.25) is 0 Å². The van der Waals surface area contributed by atoms with Crippen LogP contribution < -0.4 is 20.9 Å². The Morgan fingerprint density at radius 3 is 2.50 bits per heavy atom. The highest BCUT2D eigenvalue weighted by molar-refractivity contribution is 5.60. The molecule has 0 aliphatic carbocycles. The number of piperidine rings is 1. The lowest BCUT2D eigenvalue weighted by Gasteiger charge is -2.46. The van der Waals surface area contributed by atoms with Crippen molar-refractivity contribution in [2.45, 2.75) is 83.5 Å². The van der Waals surface area contributed by atoms with Gasteiger partial charge in [-0.1, -0.05) is 11.2 Å². The quantitative estimate of drug-likeness (QED) is 0.242. The van der Waals surface area contributed by atoms with Gasteiger partial charge in [0.05, 0.1) is 11.7 Å². The maximum absolute atomic E-state index is 5.84. The highest BCUT2D eigenvalue weighted by Crippen LogP contribution is 2.37. The molecular formula is C29H38N10O. The summed E-state index contributed by atoms with van der Waals surface area (Å²) in [5.74, 6) is 3.62. The predicted molar refractivity (Wildman–Crippen MR) is 156 cm³/mol. The van der Waals surface area contributed by atoms with Gasteiger partial charge in [-0.3, -0.25) is 10.1 Å². The number of hydrogen-bond acceptors (Lipinski definition) is 10. The maximum atomic E-state index is 5.84. The second-order valence-corrected chi connectivity index (χ2v) is 12.3. The van der Waals surface area contributed by atoms with Gasteiger partial charge in [-0.15, -0.1) is 0 Å². The van der Waals surface area contributed by atoms with Gasteiger partial charge in [-0.25, -0.2) is 0 Å². The third-order valence-corrected chi connectivity index (χ3v) is 7.51. The van der Waals surface area contributed by atoms with Crippen molar-refractivity contribution in [1.29, 1.82) is 0 Å². The fraction of sp³-hybridized carbons (Fsp3) is 0.483. The molecule has 11 nitrogen and oxygen atoms in total. The van der Waals surface area contributed by atoms with Crippen LogP contribution in [-0.2, 0) is 0 Å². The second kappa shape index (κ2) is 10.2. The van der Waals surface area contributed by atoms with E-state index in [1.807, 2.05) is 43.3 Å². The molecule has 0 saturated carbocycles. The van der Waals surface area contributed by atoms with Gasteiger partial charge in [0.25, 0.3) is 0 Å². The van der Waals surface area contributed by atoms with Crippen molar-refractivity contribution >= 4 is 23.4 Å².